The van der Waals surface area contributed by atoms with E-state index in [0.717, 1.165) is 29.3 Å². The first-order valence-corrected chi connectivity index (χ1v) is 9.32. The lowest BCUT2D eigenvalue weighted by Crippen LogP contribution is -2.30. The maximum atomic E-state index is 12.9. The summed E-state index contributed by atoms with van der Waals surface area (Å²) in [6.45, 7) is 1.04. The van der Waals surface area contributed by atoms with E-state index >= 15 is 0 Å². The molecule has 3 aromatic rings. The normalized spacial score (nSPS) is 16.5. The van der Waals surface area contributed by atoms with Crippen LogP contribution in [0.2, 0.25) is 0 Å². The quantitative estimate of drug-likeness (QED) is 0.664. The van der Waals surface area contributed by atoms with E-state index in [1.54, 1.807) is 4.90 Å². The zero-order chi connectivity index (χ0) is 21.3. The molecule has 1 aliphatic rings. The fourth-order valence-electron chi connectivity index (χ4n) is 3.59. The maximum Gasteiger partial charge on any atom is 0.416 e. The standard InChI is InChI=1S/C22H17F3N4O/c1-2-19(30)29-12-11-16(13-29)26-21-18-6-4-3-5-17(18)20(27-28-21)14-7-9-15(10-8-14)22(23,24)25/h1,3-10,16H,11-13H2,(H,26,28)/t16-/m0/s1. The molecule has 0 saturated carbocycles. The van der Waals surface area contributed by atoms with E-state index < -0.39 is 11.7 Å². The maximum absolute atomic E-state index is 12.9. The highest BCUT2D eigenvalue weighted by molar-refractivity contribution is 6.00. The molecule has 0 unspecified atom stereocenters. The minimum Gasteiger partial charge on any atom is -0.363 e. The first-order valence-electron chi connectivity index (χ1n) is 9.32. The van der Waals surface area contributed by atoms with E-state index in [-0.39, 0.29) is 11.9 Å². The van der Waals surface area contributed by atoms with Crippen molar-refractivity contribution >= 4 is 22.5 Å². The van der Waals surface area contributed by atoms with Gasteiger partial charge in [0, 0.05) is 35.5 Å². The molecule has 1 aromatic heterocycles. The third kappa shape index (κ3) is 3.79. The molecule has 152 valence electrons. The molecule has 0 aliphatic carbocycles. The predicted molar refractivity (Wildman–Crippen MR) is 107 cm³/mol. The lowest BCUT2D eigenvalue weighted by atomic mass is 10.0. The van der Waals surface area contributed by atoms with Gasteiger partial charge in [0.2, 0.25) is 0 Å². The van der Waals surface area contributed by atoms with Crippen LogP contribution in [0.15, 0.2) is 48.5 Å². The van der Waals surface area contributed by atoms with E-state index in [0.29, 0.717) is 30.2 Å². The lowest BCUT2D eigenvalue weighted by molar-refractivity contribution is -0.137. The number of terminal acetylenes is 1. The summed E-state index contributed by atoms with van der Waals surface area (Å²) in [4.78, 5) is 13.3. The molecule has 4 rings (SSSR count). The van der Waals surface area contributed by atoms with E-state index in [1.807, 2.05) is 24.3 Å². The van der Waals surface area contributed by atoms with Crippen molar-refractivity contribution < 1.29 is 18.0 Å². The van der Waals surface area contributed by atoms with Crippen molar-refractivity contribution in [2.24, 2.45) is 0 Å². The second kappa shape index (κ2) is 7.67. The minimum absolute atomic E-state index is 0.0167. The van der Waals surface area contributed by atoms with Crippen LogP contribution >= 0.6 is 0 Å². The molecule has 2 heterocycles. The average Bonchev–Trinajstić information content (AvgIpc) is 3.21. The Morgan fingerprint density at radius 3 is 2.47 bits per heavy atom. The Kier molecular flexibility index (Phi) is 5.04. The first kappa shape index (κ1) is 19.7. The lowest BCUT2D eigenvalue weighted by Gasteiger charge is -2.17. The van der Waals surface area contributed by atoms with E-state index in [1.165, 1.54) is 12.1 Å². The SMILES string of the molecule is C#CC(=O)N1CC[C@H](Nc2nnc(-c3ccc(C(F)(F)F)cc3)c3ccccc23)C1. The summed E-state index contributed by atoms with van der Waals surface area (Å²) < 4.78 is 38.6. The summed E-state index contributed by atoms with van der Waals surface area (Å²) in [6.07, 6.45) is 1.52. The average molecular weight is 410 g/mol. The Morgan fingerprint density at radius 2 is 1.80 bits per heavy atom. The molecule has 1 atom stereocenters. The molecule has 1 aliphatic heterocycles. The van der Waals surface area contributed by atoms with Gasteiger partial charge in [-0.2, -0.15) is 13.2 Å². The zero-order valence-electron chi connectivity index (χ0n) is 15.8. The van der Waals surface area contributed by atoms with Crippen LogP contribution in [0.5, 0.6) is 0 Å². The van der Waals surface area contributed by atoms with Crippen molar-refractivity contribution in [1.82, 2.24) is 15.1 Å². The summed E-state index contributed by atoms with van der Waals surface area (Å²) in [5.41, 5.74) is 0.333. The summed E-state index contributed by atoms with van der Waals surface area (Å²) in [6, 6.07) is 12.3. The molecule has 30 heavy (non-hydrogen) atoms. The van der Waals surface area contributed by atoms with Gasteiger partial charge in [-0.05, 0) is 24.5 Å². The Labute approximate surface area is 170 Å². The summed E-state index contributed by atoms with van der Waals surface area (Å²) in [7, 11) is 0. The van der Waals surface area contributed by atoms with Gasteiger partial charge < -0.3 is 10.2 Å². The highest BCUT2D eigenvalue weighted by Gasteiger charge is 2.30. The highest BCUT2D eigenvalue weighted by atomic mass is 19.4. The Bertz CT molecular complexity index is 1140. The number of rotatable bonds is 3. The van der Waals surface area contributed by atoms with Crippen LogP contribution in [-0.2, 0) is 11.0 Å². The van der Waals surface area contributed by atoms with Crippen molar-refractivity contribution in [3.63, 3.8) is 0 Å². The molecular weight excluding hydrogens is 393 g/mol. The monoisotopic (exact) mass is 410 g/mol. The number of benzene rings is 2. The molecule has 1 N–H and O–H groups in total. The van der Waals surface area contributed by atoms with Crippen molar-refractivity contribution in [3.8, 4) is 23.6 Å². The number of alkyl halides is 3. The Balaban J connectivity index is 1.64. The molecular formula is C22H17F3N4O. The van der Waals surface area contributed by atoms with Crippen LogP contribution < -0.4 is 5.32 Å². The molecule has 8 heteroatoms. The van der Waals surface area contributed by atoms with Crippen molar-refractivity contribution in [2.45, 2.75) is 18.6 Å². The van der Waals surface area contributed by atoms with Gasteiger partial charge in [-0.3, -0.25) is 4.79 Å². The van der Waals surface area contributed by atoms with Crippen LogP contribution in [0.25, 0.3) is 22.0 Å². The largest absolute Gasteiger partial charge is 0.416 e. The number of nitrogens with zero attached hydrogens (tertiary/aromatic N) is 3. The fraction of sp³-hybridized carbons (Fsp3) is 0.227. The topological polar surface area (TPSA) is 58.1 Å². The Hall–Kier alpha value is -3.60. The Morgan fingerprint density at radius 1 is 1.10 bits per heavy atom. The summed E-state index contributed by atoms with van der Waals surface area (Å²) in [5.74, 6) is 2.34. The fourth-order valence-corrected chi connectivity index (χ4v) is 3.59. The number of amides is 1. The van der Waals surface area contributed by atoms with Gasteiger partial charge in [0.15, 0.2) is 5.82 Å². The summed E-state index contributed by atoms with van der Waals surface area (Å²) in [5, 5.41) is 13.4. The van der Waals surface area contributed by atoms with Gasteiger partial charge >= 0.3 is 6.18 Å². The van der Waals surface area contributed by atoms with Crippen LogP contribution in [-0.4, -0.2) is 40.1 Å². The number of likely N-dealkylation sites (tertiary alicyclic amines) is 1. The molecule has 1 amide bonds. The van der Waals surface area contributed by atoms with Crippen molar-refractivity contribution in [3.05, 3.63) is 54.1 Å². The molecule has 0 radical (unpaired) electrons. The number of fused-ring (bicyclic) bond motifs is 1. The number of halogens is 3. The number of aromatic nitrogens is 2. The molecule has 0 bridgehead atoms. The van der Waals surface area contributed by atoms with Gasteiger partial charge in [0.05, 0.1) is 5.56 Å². The van der Waals surface area contributed by atoms with Gasteiger partial charge in [-0.15, -0.1) is 16.6 Å². The van der Waals surface area contributed by atoms with E-state index in [4.69, 9.17) is 6.42 Å². The van der Waals surface area contributed by atoms with Gasteiger partial charge in [-0.25, -0.2) is 0 Å². The van der Waals surface area contributed by atoms with Gasteiger partial charge in [-0.1, -0.05) is 36.4 Å². The smallest absolute Gasteiger partial charge is 0.363 e. The molecule has 0 spiro atoms. The van der Waals surface area contributed by atoms with Gasteiger partial charge in [0.25, 0.3) is 5.91 Å². The molecule has 1 fully saturated rings. The molecule has 1 saturated heterocycles. The second-order valence-electron chi connectivity index (χ2n) is 7.04. The minimum atomic E-state index is -4.39. The second-order valence-corrected chi connectivity index (χ2v) is 7.04. The van der Waals surface area contributed by atoms with Crippen LogP contribution in [0.3, 0.4) is 0 Å². The molecule has 2 aromatic carbocycles. The van der Waals surface area contributed by atoms with Crippen LogP contribution in [0.1, 0.15) is 12.0 Å². The van der Waals surface area contributed by atoms with Crippen LogP contribution in [0, 0.1) is 12.3 Å². The van der Waals surface area contributed by atoms with Crippen LogP contribution in [0.4, 0.5) is 19.0 Å². The zero-order valence-corrected chi connectivity index (χ0v) is 15.8. The van der Waals surface area contributed by atoms with E-state index in [2.05, 4.69) is 21.4 Å². The first-order chi connectivity index (χ1) is 14.4. The third-order valence-electron chi connectivity index (χ3n) is 5.11. The number of carbonyl (C=O) groups excluding carboxylic acids is 1. The van der Waals surface area contributed by atoms with Crippen molar-refractivity contribution in [1.29, 1.82) is 0 Å². The number of nitrogens with one attached hydrogen (secondary N) is 1. The number of anilines is 1. The highest BCUT2D eigenvalue weighted by Crippen LogP contribution is 2.33. The summed E-state index contributed by atoms with van der Waals surface area (Å²) >= 11 is 0. The van der Waals surface area contributed by atoms with E-state index in [9.17, 15) is 18.0 Å². The molecule has 5 nitrogen and oxygen atoms in total. The number of hydrogen-bond donors (Lipinski definition) is 1. The predicted octanol–water partition coefficient (Wildman–Crippen LogP) is 3.96. The van der Waals surface area contributed by atoms with Crippen molar-refractivity contribution in [2.75, 3.05) is 18.4 Å². The van der Waals surface area contributed by atoms with Gasteiger partial charge in [0.1, 0.15) is 5.69 Å². The number of carbonyl (C=O) groups is 1. The number of hydrogen-bond acceptors (Lipinski definition) is 4. The third-order valence-corrected chi connectivity index (χ3v) is 5.11.